The van der Waals surface area contributed by atoms with Gasteiger partial charge in [-0.15, -0.1) is 37.9 Å². The van der Waals surface area contributed by atoms with Gasteiger partial charge in [0, 0.05) is 14.7 Å². The molecule has 0 aliphatic heterocycles. The number of phenolic OH excluding ortho intramolecular Hbond substituents is 3. The average molecular weight is 454 g/mol. The van der Waals surface area contributed by atoms with Crippen molar-refractivity contribution in [1.29, 1.82) is 0 Å². The largest absolute Gasteiger partial charge is 0.507 e. The van der Waals surface area contributed by atoms with Crippen LogP contribution in [0.1, 0.15) is 0 Å². The molecule has 0 aliphatic rings. The molecule has 0 amide bonds. The van der Waals surface area contributed by atoms with Crippen molar-refractivity contribution in [1.82, 2.24) is 15.0 Å². The molecule has 3 aromatic carbocycles. The van der Waals surface area contributed by atoms with Gasteiger partial charge in [-0.25, -0.2) is 15.0 Å². The van der Waals surface area contributed by atoms with E-state index in [0.717, 1.165) is 0 Å². The molecule has 0 fully saturated rings. The molecular formula is C21H15N3O3S3. The minimum Gasteiger partial charge on any atom is -0.507 e. The van der Waals surface area contributed by atoms with Crippen molar-refractivity contribution in [2.45, 2.75) is 14.7 Å². The number of hydrogen-bond donors (Lipinski definition) is 6. The zero-order chi connectivity index (χ0) is 21.4. The van der Waals surface area contributed by atoms with Crippen LogP contribution in [0, 0.1) is 0 Å². The van der Waals surface area contributed by atoms with Crippen LogP contribution in [0.5, 0.6) is 17.2 Å². The number of aromatic nitrogens is 3. The predicted molar refractivity (Wildman–Crippen MR) is 123 cm³/mol. The molecule has 1 aromatic heterocycles. The van der Waals surface area contributed by atoms with E-state index >= 15 is 0 Å². The number of benzene rings is 3. The van der Waals surface area contributed by atoms with Crippen LogP contribution in [-0.4, -0.2) is 30.3 Å². The number of aromatic hydroxyl groups is 3. The summed E-state index contributed by atoms with van der Waals surface area (Å²) in [5.41, 5.74) is 1.06. The summed E-state index contributed by atoms with van der Waals surface area (Å²) in [6.07, 6.45) is 0. The molecule has 3 N–H and O–H groups in total. The third kappa shape index (κ3) is 4.04. The second-order valence-electron chi connectivity index (χ2n) is 6.41. The van der Waals surface area contributed by atoms with Gasteiger partial charge in [0.1, 0.15) is 17.2 Å². The maximum atomic E-state index is 10.4. The van der Waals surface area contributed by atoms with Gasteiger partial charge in [-0.3, -0.25) is 0 Å². The molecule has 0 aliphatic carbocycles. The molecule has 9 heteroatoms. The zero-order valence-corrected chi connectivity index (χ0v) is 17.9. The van der Waals surface area contributed by atoms with Gasteiger partial charge < -0.3 is 15.3 Å². The molecule has 0 bridgehead atoms. The van der Waals surface area contributed by atoms with Crippen LogP contribution < -0.4 is 0 Å². The first-order valence-electron chi connectivity index (χ1n) is 8.65. The Morgan fingerprint density at radius 2 is 0.733 bits per heavy atom. The van der Waals surface area contributed by atoms with Crippen LogP contribution in [0.3, 0.4) is 0 Å². The van der Waals surface area contributed by atoms with Crippen LogP contribution >= 0.6 is 37.9 Å². The van der Waals surface area contributed by atoms with Crippen molar-refractivity contribution in [2.75, 3.05) is 0 Å². The maximum Gasteiger partial charge on any atom is 0.167 e. The Labute approximate surface area is 188 Å². The predicted octanol–water partition coefficient (Wildman–Crippen LogP) is 4.86. The van der Waals surface area contributed by atoms with Crippen molar-refractivity contribution in [3.05, 3.63) is 54.6 Å². The number of hydrogen-bond acceptors (Lipinski definition) is 9. The molecule has 6 nitrogen and oxygen atoms in total. The second-order valence-corrected chi connectivity index (χ2v) is 7.96. The molecule has 0 atom stereocenters. The lowest BCUT2D eigenvalue weighted by atomic mass is 10.1. The summed E-state index contributed by atoms with van der Waals surface area (Å²) in [6, 6.07) is 14.4. The summed E-state index contributed by atoms with van der Waals surface area (Å²) >= 11 is 12.7. The number of rotatable bonds is 3. The summed E-state index contributed by atoms with van der Waals surface area (Å²) in [5, 5.41) is 31.1. The van der Waals surface area contributed by atoms with Crippen LogP contribution in [0.15, 0.2) is 69.3 Å². The third-order valence-corrected chi connectivity index (χ3v) is 5.14. The Balaban J connectivity index is 1.98. The fourth-order valence-corrected chi connectivity index (χ4v) is 3.46. The highest BCUT2D eigenvalue weighted by atomic mass is 32.1. The van der Waals surface area contributed by atoms with E-state index in [1.165, 1.54) is 18.2 Å². The van der Waals surface area contributed by atoms with Gasteiger partial charge in [0.25, 0.3) is 0 Å². The zero-order valence-electron chi connectivity index (χ0n) is 15.2. The average Bonchev–Trinajstić information content (AvgIpc) is 2.67. The van der Waals surface area contributed by atoms with Gasteiger partial charge >= 0.3 is 0 Å². The molecule has 0 radical (unpaired) electrons. The Morgan fingerprint density at radius 1 is 0.467 bits per heavy atom. The standard InChI is InChI=1S/C21H15N3O3S3/c25-16-7-10(28)1-4-13(16)19-22-20(14-5-2-11(29)8-17(14)26)24-21(23-19)15-6-3-12(30)9-18(15)27/h1-9,25-30H. The summed E-state index contributed by atoms with van der Waals surface area (Å²) in [6.45, 7) is 0. The Bertz CT molecular complexity index is 1110. The molecule has 0 saturated carbocycles. The van der Waals surface area contributed by atoms with Crippen LogP contribution in [-0.2, 0) is 0 Å². The lowest BCUT2D eigenvalue weighted by molar-refractivity contribution is 0.475. The van der Waals surface area contributed by atoms with E-state index in [9.17, 15) is 15.3 Å². The van der Waals surface area contributed by atoms with E-state index < -0.39 is 0 Å². The fraction of sp³-hybridized carbons (Fsp3) is 0. The van der Waals surface area contributed by atoms with Crippen LogP contribution in [0.4, 0.5) is 0 Å². The molecule has 0 unspecified atom stereocenters. The Kier molecular flexibility index (Phi) is 5.50. The van der Waals surface area contributed by atoms with Gasteiger partial charge in [-0.1, -0.05) is 0 Å². The highest BCUT2D eigenvalue weighted by molar-refractivity contribution is 7.80. The summed E-state index contributed by atoms with van der Waals surface area (Å²) < 4.78 is 0. The summed E-state index contributed by atoms with van der Waals surface area (Å²) in [7, 11) is 0. The van der Waals surface area contributed by atoms with Crippen LogP contribution in [0.2, 0.25) is 0 Å². The molecule has 4 aromatic rings. The Morgan fingerprint density at radius 3 is 0.967 bits per heavy atom. The molecule has 4 rings (SSSR count). The second kappa shape index (κ2) is 8.10. The summed E-state index contributed by atoms with van der Waals surface area (Å²) in [5.74, 6) is 0.333. The van der Waals surface area contributed by atoms with Gasteiger partial charge in [0.15, 0.2) is 17.5 Å². The maximum absolute atomic E-state index is 10.4. The molecule has 30 heavy (non-hydrogen) atoms. The number of nitrogens with zero attached hydrogens (tertiary/aromatic N) is 3. The van der Waals surface area contributed by atoms with Crippen molar-refractivity contribution < 1.29 is 15.3 Å². The fourth-order valence-electron chi connectivity index (χ4n) is 2.86. The van der Waals surface area contributed by atoms with E-state index in [4.69, 9.17) is 0 Å². The topological polar surface area (TPSA) is 99.4 Å². The highest BCUT2D eigenvalue weighted by Crippen LogP contribution is 2.36. The molecule has 0 saturated heterocycles. The normalized spacial score (nSPS) is 10.9. The van der Waals surface area contributed by atoms with E-state index in [-0.39, 0.29) is 34.7 Å². The van der Waals surface area contributed by atoms with E-state index in [2.05, 4.69) is 52.8 Å². The van der Waals surface area contributed by atoms with Gasteiger partial charge in [0.2, 0.25) is 0 Å². The number of phenols is 3. The minimum atomic E-state index is -0.0598. The third-order valence-electron chi connectivity index (χ3n) is 4.30. The Hall–Kier alpha value is -2.88. The molecule has 0 spiro atoms. The molecule has 1 heterocycles. The quantitative estimate of drug-likeness (QED) is 0.248. The minimum absolute atomic E-state index is 0.0598. The monoisotopic (exact) mass is 453 g/mol. The van der Waals surface area contributed by atoms with Gasteiger partial charge in [0.05, 0.1) is 16.7 Å². The van der Waals surface area contributed by atoms with Crippen molar-refractivity contribution in [3.63, 3.8) is 0 Å². The lowest BCUT2D eigenvalue weighted by Crippen LogP contribution is -2.01. The molecular weight excluding hydrogens is 438 g/mol. The SMILES string of the molecule is Oc1cc(S)ccc1-c1nc(-c2ccc(S)cc2O)nc(-c2ccc(S)cc2O)n1. The van der Waals surface area contributed by atoms with Crippen LogP contribution in [0.25, 0.3) is 34.2 Å². The van der Waals surface area contributed by atoms with Gasteiger partial charge in [-0.05, 0) is 54.6 Å². The first-order valence-corrected chi connectivity index (χ1v) is 9.99. The lowest BCUT2D eigenvalue weighted by Gasteiger charge is -2.11. The van der Waals surface area contributed by atoms with Gasteiger partial charge in [-0.2, -0.15) is 0 Å². The smallest absolute Gasteiger partial charge is 0.167 e. The van der Waals surface area contributed by atoms with E-state index in [1.807, 2.05) is 0 Å². The van der Waals surface area contributed by atoms with E-state index in [1.54, 1.807) is 36.4 Å². The summed E-state index contributed by atoms with van der Waals surface area (Å²) in [4.78, 5) is 15.1. The van der Waals surface area contributed by atoms with Crippen molar-refractivity contribution >= 4 is 37.9 Å². The highest BCUT2D eigenvalue weighted by Gasteiger charge is 2.18. The number of thiol groups is 3. The first kappa shape index (κ1) is 20.4. The first-order chi connectivity index (χ1) is 14.3. The van der Waals surface area contributed by atoms with Crippen molar-refractivity contribution in [3.8, 4) is 51.4 Å². The van der Waals surface area contributed by atoms with E-state index in [0.29, 0.717) is 31.4 Å². The molecule has 150 valence electrons. The van der Waals surface area contributed by atoms with Crippen molar-refractivity contribution in [2.24, 2.45) is 0 Å².